The first-order valence-electron chi connectivity index (χ1n) is 9.22. The Kier molecular flexibility index (Phi) is 6.76. The van der Waals surface area contributed by atoms with E-state index in [-0.39, 0.29) is 23.9 Å². The van der Waals surface area contributed by atoms with Crippen LogP contribution in [0, 0.1) is 5.82 Å². The minimum atomic E-state index is -3.69. The fourth-order valence-corrected chi connectivity index (χ4v) is 4.29. The molecule has 3 rings (SSSR count). The Labute approximate surface area is 175 Å². The highest BCUT2D eigenvalue weighted by Crippen LogP contribution is 2.19. The van der Waals surface area contributed by atoms with Crippen LogP contribution in [0.3, 0.4) is 0 Å². The molecule has 0 aliphatic carbocycles. The van der Waals surface area contributed by atoms with Crippen molar-refractivity contribution in [2.75, 3.05) is 11.9 Å². The second kappa shape index (κ2) is 9.47. The third kappa shape index (κ3) is 5.20. The Bertz CT molecular complexity index is 1130. The minimum absolute atomic E-state index is 0.134. The van der Waals surface area contributed by atoms with E-state index in [1.54, 1.807) is 60.7 Å². The van der Waals surface area contributed by atoms with E-state index in [1.165, 1.54) is 28.6 Å². The molecule has 0 fully saturated rings. The highest BCUT2D eigenvalue weighted by atomic mass is 32.2. The molecule has 0 heterocycles. The summed E-state index contributed by atoms with van der Waals surface area (Å²) >= 11 is 0. The second-order valence-corrected chi connectivity index (χ2v) is 8.50. The Morgan fingerprint density at radius 1 is 1.00 bits per heavy atom. The van der Waals surface area contributed by atoms with Gasteiger partial charge in [-0.3, -0.25) is 4.79 Å². The van der Waals surface area contributed by atoms with Crippen molar-refractivity contribution in [3.05, 3.63) is 108 Å². The predicted octanol–water partition coefficient (Wildman–Crippen LogP) is 4.45. The number of carbonyl (C=O) groups is 1. The molecule has 0 spiro atoms. The maximum absolute atomic E-state index is 13.3. The number of hydrogen-bond donors (Lipinski definition) is 1. The summed E-state index contributed by atoms with van der Waals surface area (Å²) in [6.45, 7) is 3.93. The van der Waals surface area contributed by atoms with Gasteiger partial charge >= 0.3 is 0 Å². The minimum Gasteiger partial charge on any atom is -0.322 e. The van der Waals surface area contributed by atoms with Crippen molar-refractivity contribution in [1.82, 2.24) is 4.31 Å². The molecule has 0 radical (unpaired) electrons. The van der Waals surface area contributed by atoms with Crippen LogP contribution >= 0.6 is 0 Å². The fourth-order valence-electron chi connectivity index (χ4n) is 2.87. The van der Waals surface area contributed by atoms with Crippen LogP contribution in [-0.4, -0.2) is 25.2 Å². The summed E-state index contributed by atoms with van der Waals surface area (Å²) in [7, 11) is -3.69. The molecule has 0 atom stereocenters. The lowest BCUT2D eigenvalue weighted by molar-refractivity contribution is 0.102. The van der Waals surface area contributed by atoms with Crippen LogP contribution in [0.1, 0.15) is 15.9 Å². The summed E-state index contributed by atoms with van der Waals surface area (Å²) in [6.07, 6.45) is 1.53. The monoisotopic (exact) mass is 424 g/mol. The topological polar surface area (TPSA) is 66.5 Å². The molecule has 0 unspecified atom stereocenters. The first-order chi connectivity index (χ1) is 14.4. The van der Waals surface area contributed by atoms with Crippen LogP contribution in [0.2, 0.25) is 0 Å². The van der Waals surface area contributed by atoms with Gasteiger partial charge in [0.15, 0.2) is 0 Å². The molecule has 5 nitrogen and oxygen atoms in total. The van der Waals surface area contributed by atoms with Gasteiger partial charge in [0, 0.05) is 24.3 Å². The number of rotatable bonds is 8. The number of halogens is 1. The number of hydrogen-bond acceptors (Lipinski definition) is 3. The molecule has 0 bridgehead atoms. The number of nitrogens with one attached hydrogen (secondary N) is 1. The summed E-state index contributed by atoms with van der Waals surface area (Å²) in [4.78, 5) is 12.6. The van der Waals surface area contributed by atoms with E-state index in [1.807, 2.05) is 0 Å². The summed E-state index contributed by atoms with van der Waals surface area (Å²) in [6, 6.07) is 20.4. The summed E-state index contributed by atoms with van der Waals surface area (Å²) < 4.78 is 40.4. The normalized spacial score (nSPS) is 11.3. The first kappa shape index (κ1) is 21.4. The van der Waals surface area contributed by atoms with Gasteiger partial charge in [0.1, 0.15) is 5.82 Å². The molecule has 0 aliphatic heterocycles. The van der Waals surface area contributed by atoms with E-state index in [2.05, 4.69) is 11.9 Å². The number of nitrogens with zero attached hydrogens (tertiary/aromatic N) is 1. The quantitative estimate of drug-likeness (QED) is 0.543. The lowest BCUT2D eigenvalue weighted by atomic mass is 10.1. The highest BCUT2D eigenvalue weighted by molar-refractivity contribution is 7.89. The lowest BCUT2D eigenvalue weighted by Crippen LogP contribution is -2.30. The molecule has 0 saturated heterocycles. The molecule has 0 aliphatic rings. The molecule has 0 aromatic heterocycles. The lowest BCUT2D eigenvalue weighted by Gasteiger charge is -2.21. The molecule has 1 N–H and O–H groups in total. The first-order valence-corrected chi connectivity index (χ1v) is 10.7. The summed E-state index contributed by atoms with van der Waals surface area (Å²) in [5.41, 5.74) is 1.46. The largest absolute Gasteiger partial charge is 0.322 e. The van der Waals surface area contributed by atoms with Crippen molar-refractivity contribution < 1.29 is 17.6 Å². The van der Waals surface area contributed by atoms with E-state index >= 15 is 0 Å². The Balaban J connectivity index is 1.74. The van der Waals surface area contributed by atoms with Crippen LogP contribution < -0.4 is 5.32 Å². The van der Waals surface area contributed by atoms with Gasteiger partial charge in [0.25, 0.3) is 5.91 Å². The molecular formula is C23H21FN2O3S. The molecule has 7 heteroatoms. The number of anilines is 1. The zero-order chi connectivity index (χ0) is 21.6. The third-order valence-corrected chi connectivity index (χ3v) is 6.20. The average Bonchev–Trinajstić information content (AvgIpc) is 2.74. The van der Waals surface area contributed by atoms with Gasteiger partial charge in [-0.25, -0.2) is 12.8 Å². The van der Waals surface area contributed by atoms with Crippen molar-refractivity contribution in [2.45, 2.75) is 11.4 Å². The molecule has 1 amide bonds. The number of benzene rings is 3. The molecule has 154 valence electrons. The number of sulfonamides is 1. The van der Waals surface area contributed by atoms with E-state index in [4.69, 9.17) is 0 Å². The van der Waals surface area contributed by atoms with Crippen molar-refractivity contribution in [3.63, 3.8) is 0 Å². The van der Waals surface area contributed by atoms with Gasteiger partial charge in [-0.1, -0.05) is 42.5 Å². The maximum Gasteiger partial charge on any atom is 0.255 e. The van der Waals surface area contributed by atoms with Crippen molar-refractivity contribution in [2.24, 2.45) is 0 Å². The maximum atomic E-state index is 13.3. The van der Waals surface area contributed by atoms with E-state index < -0.39 is 15.8 Å². The molecule has 3 aromatic rings. The second-order valence-electron chi connectivity index (χ2n) is 6.56. The third-order valence-electron chi connectivity index (χ3n) is 4.37. The van der Waals surface area contributed by atoms with Crippen LogP contribution in [0.15, 0.2) is 96.4 Å². The standard InChI is InChI=1S/C23H21FN2O3S/c1-2-15-26(30(28,29)22-9-4-3-5-10-22)17-18-11-13-19(14-12-18)23(27)25-21-8-6-7-20(24)16-21/h2-14,16H,1,15,17H2,(H,25,27). The zero-order valence-corrected chi connectivity index (χ0v) is 17.0. The summed E-state index contributed by atoms with van der Waals surface area (Å²) in [5, 5.41) is 2.63. The Hall–Kier alpha value is -3.29. The number of carbonyl (C=O) groups excluding carboxylic acids is 1. The van der Waals surface area contributed by atoms with Crippen molar-refractivity contribution >= 4 is 21.6 Å². The van der Waals surface area contributed by atoms with Gasteiger partial charge in [0.2, 0.25) is 10.0 Å². The van der Waals surface area contributed by atoms with Crippen molar-refractivity contribution in [3.8, 4) is 0 Å². The van der Waals surface area contributed by atoms with Gasteiger partial charge in [-0.05, 0) is 48.0 Å². The smallest absolute Gasteiger partial charge is 0.255 e. The summed E-state index contributed by atoms with van der Waals surface area (Å²) in [5.74, 6) is -0.822. The van der Waals surface area contributed by atoms with Gasteiger partial charge in [0.05, 0.1) is 4.90 Å². The van der Waals surface area contributed by atoms with Crippen LogP contribution in [0.25, 0.3) is 0 Å². The predicted molar refractivity (Wildman–Crippen MR) is 115 cm³/mol. The van der Waals surface area contributed by atoms with Gasteiger partial charge in [-0.2, -0.15) is 4.31 Å². The van der Waals surface area contributed by atoms with Gasteiger partial charge in [-0.15, -0.1) is 6.58 Å². The average molecular weight is 424 g/mol. The van der Waals surface area contributed by atoms with Gasteiger partial charge < -0.3 is 5.32 Å². The van der Waals surface area contributed by atoms with Crippen molar-refractivity contribution in [1.29, 1.82) is 0 Å². The van der Waals surface area contributed by atoms with E-state index in [0.717, 1.165) is 5.56 Å². The van der Waals surface area contributed by atoms with E-state index in [0.29, 0.717) is 11.3 Å². The van der Waals surface area contributed by atoms with E-state index in [9.17, 15) is 17.6 Å². The molecule has 0 saturated carbocycles. The Morgan fingerprint density at radius 3 is 2.33 bits per heavy atom. The van der Waals surface area contributed by atoms with Crippen LogP contribution in [0.5, 0.6) is 0 Å². The van der Waals surface area contributed by atoms with Crippen LogP contribution in [0.4, 0.5) is 10.1 Å². The highest BCUT2D eigenvalue weighted by Gasteiger charge is 2.23. The van der Waals surface area contributed by atoms with Crippen LogP contribution in [-0.2, 0) is 16.6 Å². The molecule has 30 heavy (non-hydrogen) atoms. The zero-order valence-electron chi connectivity index (χ0n) is 16.2. The SMILES string of the molecule is C=CCN(Cc1ccc(C(=O)Nc2cccc(F)c2)cc1)S(=O)(=O)c1ccccc1. The molecule has 3 aromatic carbocycles. The number of amides is 1. The Morgan fingerprint density at radius 2 is 1.70 bits per heavy atom. The molecular weight excluding hydrogens is 403 g/mol. The fraction of sp³-hybridized carbons (Fsp3) is 0.0870.